The van der Waals surface area contributed by atoms with E-state index in [2.05, 4.69) is 28.1 Å². The molecule has 1 aromatic carbocycles. The Morgan fingerprint density at radius 1 is 1.15 bits per heavy atom. The molecule has 0 bridgehead atoms. The molecular formula is C19H20N6O. The predicted octanol–water partition coefficient (Wildman–Crippen LogP) is 2.66. The first kappa shape index (κ1) is 16.3. The van der Waals surface area contributed by atoms with E-state index in [4.69, 9.17) is 15.1 Å². The van der Waals surface area contributed by atoms with E-state index in [0.29, 0.717) is 5.56 Å². The SMILES string of the molecule is Cc1cc2nnc(C)n2nc1N1CCC(Oc2cccc(C#N)c2)CC1. The van der Waals surface area contributed by atoms with Crippen molar-refractivity contribution in [2.24, 2.45) is 0 Å². The number of hydrogen-bond donors (Lipinski definition) is 0. The Labute approximate surface area is 151 Å². The van der Waals surface area contributed by atoms with Gasteiger partial charge in [0.05, 0.1) is 11.6 Å². The highest BCUT2D eigenvalue weighted by molar-refractivity contribution is 5.52. The molecule has 2 aromatic heterocycles. The Bertz CT molecular complexity index is 981. The lowest BCUT2D eigenvalue weighted by Gasteiger charge is -2.33. The van der Waals surface area contributed by atoms with Crippen LogP contribution in [0.15, 0.2) is 30.3 Å². The number of aryl methyl sites for hydroxylation is 2. The zero-order valence-electron chi connectivity index (χ0n) is 14.9. The van der Waals surface area contributed by atoms with Crippen LogP contribution in [0.2, 0.25) is 0 Å². The maximum absolute atomic E-state index is 9.00. The quantitative estimate of drug-likeness (QED) is 0.724. The van der Waals surface area contributed by atoms with Crippen LogP contribution in [0, 0.1) is 25.2 Å². The molecule has 0 radical (unpaired) electrons. The number of nitrogens with zero attached hydrogens (tertiary/aromatic N) is 6. The first-order chi connectivity index (χ1) is 12.6. The van der Waals surface area contributed by atoms with Crippen LogP contribution < -0.4 is 9.64 Å². The highest BCUT2D eigenvalue weighted by Crippen LogP contribution is 2.25. The fourth-order valence-corrected chi connectivity index (χ4v) is 3.35. The topological polar surface area (TPSA) is 79.3 Å². The Kier molecular flexibility index (Phi) is 4.17. The molecule has 26 heavy (non-hydrogen) atoms. The number of fused-ring (bicyclic) bond motifs is 1. The van der Waals surface area contributed by atoms with Gasteiger partial charge in [0.25, 0.3) is 0 Å². The van der Waals surface area contributed by atoms with Crippen molar-refractivity contribution in [1.29, 1.82) is 5.26 Å². The molecule has 7 heteroatoms. The molecular weight excluding hydrogens is 328 g/mol. The Morgan fingerprint density at radius 2 is 1.96 bits per heavy atom. The van der Waals surface area contributed by atoms with Crippen LogP contribution >= 0.6 is 0 Å². The van der Waals surface area contributed by atoms with Crippen molar-refractivity contribution in [1.82, 2.24) is 19.8 Å². The first-order valence-corrected chi connectivity index (χ1v) is 8.75. The third kappa shape index (κ3) is 3.06. The summed E-state index contributed by atoms with van der Waals surface area (Å²) in [6.07, 6.45) is 1.98. The van der Waals surface area contributed by atoms with E-state index in [1.165, 1.54) is 0 Å². The summed E-state index contributed by atoms with van der Waals surface area (Å²) in [5.41, 5.74) is 2.50. The summed E-state index contributed by atoms with van der Waals surface area (Å²) in [7, 11) is 0. The van der Waals surface area contributed by atoms with Crippen molar-refractivity contribution in [3.8, 4) is 11.8 Å². The van der Waals surface area contributed by atoms with Crippen molar-refractivity contribution in [3.05, 3.63) is 47.3 Å². The third-order valence-corrected chi connectivity index (χ3v) is 4.72. The van der Waals surface area contributed by atoms with E-state index in [1.54, 1.807) is 16.6 Å². The zero-order chi connectivity index (χ0) is 18.1. The number of benzene rings is 1. The predicted molar refractivity (Wildman–Crippen MR) is 97.3 cm³/mol. The Hall–Kier alpha value is -3.14. The molecule has 7 nitrogen and oxygen atoms in total. The molecule has 0 saturated carbocycles. The number of anilines is 1. The molecule has 0 unspecified atom stereocenters. The van der Waals surface area contributed by atoms with Crippen LogP contribution in [0.5, 0.6) is 5.75 Å². The summed E-state index contributed by atoms with van der Waals surface area (Å²) in [6.45, 7) is 5.72. The van der Waals surface area contributed by atoms with Gasteiger partial charge in [0.15, 0.2) is 17.3 Å². The van der Waals surface area contributed by atoms with E-state index in [-0.39, 0.29) is 6.10 Å². The average Bonchev–Trinajstić information content (AvgIpc) is 3.02. The summed E-state index contributed by atoms with van der Waals surface area (Å²) in [6, 6.07) is 11.5. The van der Waals surface area contributed by atoms with Crippen molar-refractivity contribution >= 4 is 11.5 Å². The molecule has 4 rings (SSSR count). The normalized spacial score (nSPS) is 15.2. The lowest BCUT2D eigenvalue weighted by atomic mass is 10.1. The molecule has 0 spiro atoms. The first-order valence-electron chi connectivity index (χ1n) is 8.75. The molecule has 0 amide bonds. The van der Waals surface area contributed by atoms with Gasteiger partial charge in [0.1, 0.15) is 11.9 Å². The van der Waals surface area contributed by atoms with E-state index in [1.807, 2.05) is 25.1 Å². The van der Waals surface area contributed by atoms with Crippen LogP contribution in [-0.4, -0.2) is 39.0 Å². The van der Waals surface area contributed by atoms with Crippen LogP contribution in [0.25, 0.3) is 5.65 Å². The smallest absolute Gasteiger partial charge is 0.178 e. The molecule has 3 heterocycles. The van der Waals surface area contributed by atoms with Crippen molar-refractivity contribution in [2.45, 2.75) is 32.8 Å². The van der Waals surface area contributed by atoms with Gasteiger partial charge in [-0.1, -0.05) is 6.07 Å². The monoisotopic (exact) mass is 348 g/mol. The van der Waals surface area contributed by atoms with Crippen LogP contribution in [0.3, 0.4) is 0 Å². The van der Waals surface area contributed by atoms with Gasteiger partial charge < -0.3 is 9.64 Å². The van der Waals surface area contributed by atoms with Crippen LogP contribution in [-0.2, 0) is 0 Å². The van der Waals surface area contributed by atoms with Crippen molar-refractivity contribution in [3.63, 3.8) is 0 Å². The molecule has 1 aliphatic heterocycles. The van der Waals surface area contributed by atoms with Crippen LogP contribution in [0.1, 0.15) is 29.8 Å². The second-order valence-electron chi connectivity index (χ2n) is 6.61. The second-order valence-corrected chi connectivity index (χ2v) is 6.61. The highest BCUT2D eigenvalue weighted by Gasteiger charge is 2.23. The fraction of sp³-hybridized carbons (Fsp3) is 0.368. The summed E-state index contributed by atoms with van der Waals surface area (Å²) in [5, 5.41) is 21.9. The fourth-order valence-electron chi connectivity index (χ4n) is 3.35. The van der Waals surface area contributed by atoms with Gasteiger partial charge in [0, 0.05) is 25.9 Å². The molecule has 1 aliphatic rings. The van der Waals surface area contributed by atoms with Gasteiger partial charge in [-0.3, -0.25) is 0 Å². The van der Waals surface area contributed by atoms with Gasteiger partial charge in [-0.25, -0.2) is 0 Å². The molecule has 0 atom stereocenters. The maximum atomic E-state index is 9.00. The summed E-state index contributed by atoms with van der Waals surface area (Å²) < 4.78 is 7.86. The minimum atomic E-state index is 0.154. The van der Waals surface area contributed by atoms with Crippen molar-refractivity contribution in [2.75, 3.05) is 18.0 Å². The number of aromatic nitrogens is 4. The average molecular weight is 348 g/mol. The largest absolute Gasteiger partial charge is 0.490 e. The Morgan fingerprint density at radius 3 is 2.73 bits per heavy atom. The molecule has 1 saturated heterocycles. The lowest BCUT2D eigenvalue weighted by molar-refractivity contribution is 0.170. The molecule has 3 aromatic rings. The van der Waals surface area contributed by atoms with E-state index in [0.717, 1.165) is 54.5 Å². The second kappa shape index (κ2) is 6.64. The van der Waals surface area contributed by atoms with Crippen molar-refractivity contribution < 1.29 is 4.74 Å². The molecule has 0 aliphatic carbocycles. The van der Waals surface area contributed by atoms with Gasteiger partial charge >= 0.3 is 0 Å². The van der Waals surface area contributed by atoms with Gasteiger partial charge in [-0.2, -0.15) is 9.78 Å². The van der Waals surface area contributed by atoms with Crippen LogP contribution in [0.4, 0.5) is 5.82 Å². The summed E-state index contributed by atoms with van der Waals surface area (Å²) in [5.74, 6) is 2.53. The van der Waals surface area contributed by atoms with E-state index in [9.17, 15) is 0 Å². The molecule has 0 N–H and O–H groups in total. The van der Waals surface area contributed by atoms with Gasteiger partial charge in [0.2, 0.25) is 0 Å². The maximum Gasteiger partial charge on any atom is 0.178 e. The summed E-state index contributed by atoms with van der Waals surface area (Å²) in [4.78, 5) is 2.29. The third-order valence-electron chi connectivity index (χ3n) is 4.72. The molecule has 1 fully saturated rings. The number of nitriles is 1. The number of piperidine rings is 1. The van der Waals surface area contributed by atoms with Gasteiger partial charge in [-0.15, -0.1) is 15.3 Å². The highest BCUT2D eigenvalue weighted by atomic mass is 16.5. The number of rotatable bonds is 3. The van der Waals surface area contributed by atoms with E-state index < -0.39 is 0 Å². The van der Waals surface area contributed by atoms with Gasteiger partial charge in [-0.05, 0) is 43.7 Å². The minimum absolute atomic E-state index is 0.154. The Balaban J connectivity index is 1.46. The number of hydrogen-bond acceptors (Lipinski definition) is 6. The minimum Gasteiger partial charge on any atom is -0.490 e. The zero-order valence-corrected chi connectivity index (χ0v) is 14.9. The standard InChI is InChI=1S/C19H20N6O/c1-13-10-18-22-21-14(2)25(18)23-19(13)24-8-6-16(7-9-24)26-17-5-3-4-15(11-17)12-20/h3-5,10-11,16H,6-9H2,1-2H3. The molecule has 132 valence electrons. The lowest BCUT2D eigenvalue weighted by Crippen LogP contribution is -2.39. The number of ether oxygens (including phenoxy) is 1. The van der Waals surface area contributed by atoms with E-state index >= 15 is 0 Å². The summed E-state index contributed by atoms with van der Waals surface area (Å²) >= 11 is 0.